The molecule has 0 saturated carbocycles. The van der Waals surface area contributed by atoms with Gasteiger partial charge in [-0.25, -0.2) is 0 Å². The van der Waals surface area contributed by atoms with Crippen LogP contribution in [-0.2, 0) is 0 Å². The fourth-order valence-corrected chi connectivity index (χ4v) is 2.21. The van der Waals surface area contributed by atoms with E-state index in [-0.39, 0.29) is 0 Å². The molecular formula is C12H20N2S. The van der Waals surface area contributed by atoms with Crippen LogP contribution in [0.25, 0.3) is 0 Å². The zero-order valence-corrected chi connectivity index (χ0v) is 10.8. The highest BCUT2D eigenvalue weighted by Gasteiger charge is 2.05. The van der Waals surface area contributed by atoms with Gasteiger partial charge in [0.2, 0.25) is 0 Å². The van der Waals surface area contributed by atoms with Crippen LogP contribution in [0.1, 0.15) is 39.4 Å². The third-order valence-corrected chi connectivity index (χ3v) is 3.07. The summed E-state index contributed by atoms with van der Waals surface area (Å²) in [5.74, 6) is 0. The highest BCUT2D eigenvalue weighted by atomic mass is 32.2. The molecule has 15 heavy (non-hydrogen) atoms. The summed E-state index contributed by atoms with van der Waals surface area (Å²) >= 11 is 1.85. The average molecular weight is 224 g/mol. The lowest BCUT2D eigenvalue weighted by atomic mass is 10.2. The van der Waals surface area contributed by atoms with E-state index in [0.717, 1.165) is 12.2 Å². The monoisotopic (exact) mass is 224 g/mol. The molecule has 3 heteroatoms. The highest BCUT2D eigenvalue weighted by molar-refractivity contribution is 7.99. The maximum atomic E-state index is 4.47. The van der Waals surface area contributed by atoms with E-state index in [2.05, 4.69) is 50.1 Å². The summed E-state index contributed by atoms with van der Waals surface area (Å²) in [6.45, 7) is 9.62. The van der Waals surface area contributed by atoms with Crippen molar-refractivity contribution in [1.29, 1.82) is 0 Å². The fraction of sp³-hybridized carbons (Fsp3) is 0.583. The number of aromatic nitrogens is 1. The molecule has 1 unspecified atom stereocenters. The summed E-state index contributed by atoms with van der Waals surface area (Å²) in [7, 11) is 0. The summed E-state index contributed by atoms with van der Waals surface area (Å²) in [4.78, 5) is 5.71. The van der Waals surface area contributed by atoms with Crippen molar-refractivity contribution in [2.24, 2.45) is 0 Å². The minimum absolute atomic E-state index is 0.341. The van der Waals surface area contributed by atoms with E-state index in [1.807, 2.05) is 18.0 Å². The maximum absolute atomic E-state index is 4.47. The highest BCUT2D eigenvalue weighted by Crippen LogP contribution is 2.22. The molecule has 0 bridgehead atoms. The number of thioether (sulfide) groups is 1. The smallest absolute Gasteiger partial charge is 0.0571 e. The van der Waals surface area contributed by atoms with E-state index in [1.165, 1.54) is 4.90 Å². The van der Waals surface area contributed by atoms with Crippen molar-refractivity contribution in [2.75, 3.05) is 6.54 Å². The van der Waals surface area contributed by atoms with Crippen molar-refractivity contribution in [3.63, 3.8) is 0 Å². The van der Waals surface area contributed by atoms with Crippen LogP contribution in [0.5, 0.6) is 0 Å². The van der Waals surface area contributed by atoms with Crippen molar-refractivity contribution < 1.29 is 0 Å². The third kappa shape index (κ3) is 4.22. The van der Waals surface area contributed by atoms with Crippen molar-refractivity contribution in [3.05, 3.63) is 24.0 Å². The molecule has 1 rings (SSSR count). The summed E-state index contributed by atoms with van der Waals surface area (Å²) < 4.78 is 0. The molecule has 1 aromatic rings. The van der Waals surface area contributed by atoms with E-state index in [4.69, 9.17) is 0 Å². The first-order valence-corrected chi connectivity index (χ1v) is 6.37. The lowest BCUT2D eigenvalue weighted by Crippen LogP contribution is -2.18. The molecular weight excluding hydrogens is 204 g/mol. The van der Waals surface area contributed by atoms with Crippen molar-refractivity contribution >= 4 is 11.8 Å². The molecule has 2 nitrogen and oxygen atoms in total. The van der Waals surface area contributed by atoms with Crippen LogP contribution in [0.4, 0.5) is 0 Å². The first-order chi connectivity index (χ1) is 7.13. The first kappa shape index (κ1) is 12.5. The minimum Gasteiger partial charge on any atom is -0.309 e. The molecule has 0 amide bonds. The standard InChI is InChI=1S/C12H20N2S/c1-5-13-10(4)12-7-6-11(8-14-12)15-9(2)3/h6-10,13H,5H2,1-4H3. The van der Waals surface area contributed by atoms with Crippen LogP contribution in [0.15, 0.2) is 23.2 Å². The van der Waals surface area contributed by atoms with Crippen LogP contribution in [0.3, 0.4) is 0 Å². The largest absolute Gasteiger partial charge is 0.309 e. The second kappa shape index (κ2) is 6.13. The van der Waals surface area contributed by atoms with Crippen LogP contribution < -0.4 is 5.32 Å². The average Bonchev–Trinajstić information content (AvgIpc) is 2.18. The van der Waals surface area contributed by atoms with Gasteiger partial charge in [-0.3, -0.25) is 4.98 Å². The Balaban J connectivity index is 2.63. The number of hydrogen-bond acceptors (Lipinski definition) is 3. The Morgan fingerprint density at radius 1 is 1.33 bits per heavy atom. The Morgan fingerprint density at radius 3 is 2.53 bits per heavy atom. The van der Waals surface area contributed by atoms with E-state index >= 15 is 0 Å². The van der Waals surface area contributed by atoms with Gasteiger partial charge in [0.15, 0.2) is 0 Å². The Hall–Kier alpha value is -0.540. The molecule has 0 saturated heterocycles. The topological polar surface area (TPSA) is 24.9 Å². The van der Waals surface area contributed by atoms with Crippen molar-refractivity contribution in [3.8, 4) is 0 Å². The zero-order valence-electron chi connectivity index (χ0n) is 9.95. The van der Waals surface area contributed by atoms with Crippen LogP contribution in [-0.4, -0.2) is 16.8 Å². The van der Waals surface area contributed by atoms with Gasteiger partial charge in [0.05, 0.1) is 5.69 Å². The van der Waals surface area contributed by atoms with Gasteiger partial charge < -0.3 is 5.32 Å². The Kier molecular flexibility index (Phi) is 5.12. The Labute approximate surface area is 96.9 Å². The van der Waals surface area contributed by atoms with Crippen molar-refractivity contribution in [2.45, 2.75) is 43.9 Å². The summed E-state index contributed by atoms with van der Waals surface area (Å²) in [5, 5.41) is 3.97. The maximum Gasteiger partial charge on any atom is 0.0571 e. The number of nitrogens with one attached hydrogen (secondary N) is 1. The number of nitrogens with zero attached hydrogens (tertiary/aromatic N) is 1. The molecule has 0 fully saturated rings. The van der Waals surface area contributed by atoms with Gasteiger partial charge in [-0.2, -0.15) is 0 Å². The molecule has 1 N–H and O–H groups in total. The molecule has 0 aromatic carbocycles. The van der Waals surface area contributed by atoms with E-state index in [0.29, 0.717) is 11.3 Å². The van der Waals surface area contributed by atoms with Gasteiger partial charge in [-0.05, 0) is 25.6 Å². The molecule has 1 atom stereocenters. The molecule has 1 aromatic heterocycles. The van der Waals surface area contributed by atoms with E-state index < -0.39 is 0 Å². The molecule has 1 heterocycles. The van der Waals surface area contributed by atoms with E-state index in [1.54, 1.807) is 0 Å². The predicted octanol–water partition coefficient (Wildman–Crippen LogP) is 3.25. The van der Waals surface area contributed by atoms with Gasteiger partial charge in [0.1, 0.15) is 0 Å². The predicted molar refractivity (Wildman–Crippen MR) is 67.3 cm³/mol. The first-order valence-electron chi connectivity index (χ1n) is 5.49. The summed E-state index contributed by atoms with van der Waals surface area (Å²) in [6, 6.07) is 4.60. The van der Waals surface area contributed by atoms with E-state index in [9.17, 15) is 0 Å². The molecule has 84 valence electrons. The van der Waals surface area contributed by atoms with Crippen LogP contribution in [0, 0.1) is 0 Å². The number of rotatable bonds is 5. The molecule has 0 aliphatic carbocycles. The van der Waals surface area contributed by atoms with Crippen LogP contribution in [0.2, 0.25) is 0 Å². The van der Waals surface area contributed by atoms with Crippen LogP contribution >= 0.6 is 11.8 Å². The molecule has 0 aliphatic rings. The second-order valence-corrected chi connectivity index (χ2v) is 5.51. The zero-order chi connectivity index (χ0) is 11.3. The van der Waals surface area contributed by atoms with Gasteiger partial charge in [0, 0.05) is 22.4 Å². The second-order valence-electron chi connectivity index (χ2n) is 3.86. The van der Waals surface area contributed by atoms with Gasteiger partial charge in [-0.15, -0.1) is 11.8 Å². The van der Waals surface area contributed by atoms with Gasteiger partial charge >= 0.3 is 0 Å². The number of hydrogen-bond donors (Lipinski definition) is 1. The Morgan fingerprint density at radius 2 is 2.07 bits per heavy atom. The third-order valence-electron chi connectivity index (χ3n) is 2.08. The van der Waals surface area contributed by atoms with Gasteiger partial charge in [-0.1, -0.05) is 20.8 Å². The normalized spacial score (nSPS) is 13.1. The summed E-state index contributed by atoms with van der Waals surface area (Å²) in [5.41, 5.74) is 1.12. The fourth-order valence-electron chi connectivity index (χ4n) is 1.40. The Bertz CT molecular complexity index is 282. The lowest BCUT2D eigenvalue weighted by Gasteiger charge is -2.12. The summed E-state index contributed by atoms with van der Waals surface area (Å²) in [6.07, 6.45) is 1.97. The lowest BCUT2D eigenvalue weighted by molar-refractivity contribution is 0.582. The molecule has 0 aliphatic heterocycles. The van der Waals surface area contributed by atoms with Gasteiger partial charge in [0.25, 0.3) is 0 Å². The van der Waals surface area contributed by atoms with Crippen molar-refractivity contribution in [1.82, 2.24) is 10.3 Å². The quantitative estimate of drug-likeness (QED) is 0.777. The number of pyridine rings is 1. The minimum atomic E-state index is 0.341. The molecule has 0 radical (unpaired) electrons. The SMILES string of the molecule is CCNC(C)c1ccc(SC(C)C)cn1. The molecule has 0 spiro atoms.